The molecule has 0 amide bonds. The Labute approximate surface area is 99.8 Å². The first-order chi connectivity index (χ1) is 7.44. The van der Waals surface area contributed by atoms with Crippen molar-refractivity contribution in [3.05, 3.63) is 0 Å². The second-order valence-corrected chi connectivity index (χ2v) is 5.08. The third kappa shape index (κ3) is 6.11. The van der Waals surface area contributed by atoms with E-state index in [0.717, 1.165) is 38.9 Å². The van der Waals surface area contributed by atoms with E-state index < -0.39 is 11.4 Å². The molecule has 3 heteroatoms. The lowest BCUT2D eigenvalue weighted by Crippen LogP contribution is -2.26. The van der Waals surface area contributed by atoms with Crippen molar-refractivity contribution in [2.75, 3.05) is 19.6 Å². The first kappa shape index (κ1) is 15.4. The molecular weight excluding hydrogens is 202 g/mol. The fourth-order valence-electron chi connectivity index (χ4n) is 1.75. The van der Waals surface area contributed by atoms with Crippen molar-refractivity contribution in [3.63, 3.8) is 0 Å². The van der Waals surface area contributed by atoms with Crippen LogP contribution in [0.1, 0.15) is 53.4 Å². The monoisotopic (exact) mass is 229 g/mol. The molecule has 0 heterocycles. The molecule has 0 aromatic rings. The number of hydrogen-bond acceptors (Lipinski definition) is 2. The Morgan fingerprint density at radius 1 is 1.19 bits per heavy atom. The van der Waals surface area contributed by atoms with Gasteiger partial charge in [-0.3, -0.25) is 4.79 Å². The van der Waals surface area contributed by atoms with Gasteiger partial charge in [0.1, 0.15) is 0 Å². The number of nitrogens with zero attached hydrogens (tertiary/aromatic N) is 1. The Bertz CT molecular complexity index is 202. The van der Waals surface area contributed by atoms with Gasteiger partial charge in [0.25, 0.3) is 0 Å². The van der Waals surface area contributed by atoms with Crippen molar-refractivity contribution >= 4 is 5.97 Å². The second-order valence-electron chi connectivity index (χ2n) is 5.08. The van der Waals surface area contributed by atoms with Gasteiger partial charge >= 0.3 is 5.97 Å². The number of unbranched alkanes of at least 4 members (excludes halogenated alkanes) is 1. The summed E-state index contributed by atoms with van der Waals surface area (Å²) in [4.78, 5) is 13.3. The molecule has 1 N–H and O–H groups in total. The van der Waals surface area contributed by atoms with E-state index >= 15 is 0 Å². The normalized spacial score (nSPS) is 12.1. The van der Waals surface area contributed by atoms with Crippen molar-refractivity contribution in [1.82, 2.24) is 4.90 Å². The van der Waals surface area contributed by atoms with Crippen molar-refractivity contribution in [2.24, 2.45) is 5.41 Å². The molecule has 0 aromatic heterocycles. The fourth-order valence-corrected chi connectivity index (χ4v) is 1.75. The van der Waals surface area contributed by atoms with Crippen molar-refractivity contribution in [3.8, 4) is 0 Å². The van der Waals surface area contributed by atoms with Gasteiger partial charge in [-0.1, -0.05) is 20.3 Å². The number of aliphatic carboxylic acids is 1. The molecule has 0 aromatic carbocycles. The van der Waals surface area contributed by atoms with Gasteiger partial charge in [-0.15, -0.1) is 0 Å². The number of carboxylic acid groups (broad SMARTS) is 1. The summed E-state index contributed by atoms with van der Waals surface area (Å²) in [6.45, 7) is 11.3. The van der Waals surface area contributed by atoms with Crippen LogP contribution in [0.25, 0.3) is 0 Å². The average molecular weight is 229 g/mol. The quantitative estimate of drug-likeness (QED) is 0.618. The van der Waals surface area contributed by atoms with Gasteiger partial charge in [0.2, 0.25) is 0 Å². The zero-order chi connectivity index (χ0) is 12.6. The fraction of sp³-hybridized carbons (Fsp3) is 0.923. The highest BCUT2D eigenvalue weighted by atomic mass is 16.4. The molecule has 0 saturated carbocycles. The predicted molar refractivity (Wildman–Crippen MR) is 67.7 cm³/mol. The zero-order valence-electron chi connectivity index (χ0n) is 11.3. The van der Waals surface area contributed by atoms with Crippen molar-refractivity contribution in [2.45, 2.75) is 53.4 Å². The van der Waals surface area contributed by atoms with Crippen molar-refractivity contribution in [1.29, 1.82) is 0 Å². The summed E-state index contributed by atoms with van der Waals surface area (Å²) in [6, 6.07) is 0. The van der Waals surface area contributed by atoms with Crippen LogP contribution >= 0.6 is 0 Å². The molecule has 0 radical (unpaired) electrons. The molecule has 16 heavy (non-hydrogen) atoms. The molecule has 0 aliphatic heterocycles. The van der Waals surface area contributed by atoms with E-state index in [9.17, 15) is 4.79 Å². The van der Waals surface area contributed by atoms with Gasteiger partial charge in [0, 0.05) is 0 Å². The first-order valence-corrected chi connectivity index (χ1v) is 6.39. The van der Waals surface area contributed by atoms with E-state index in [1.54, 1.807) is 13.8 Å². The summed E-state index contributed by atoms with van der Waals surface area (Å²) < 4.78 is 0. The molecule has 0 aliphatic carbocycles. The molecule has 0 fully saturated rings. The minimum absolute atomic E-state index is 0.568. The van der Waals surface area contributed by atoms with Crippen LogP contribution in [0.5, 0.6) is 0 Å². The summed E-state index contributed by atoms with van der Waals surface area (Å²) in [5, 5.41) is 8.97. The van der Waals surface area contributed by atoms with Gasteiger partial charge in [-0.05, 0) is 52.7 Å². The van der Waals surface area contributed by atoms with Gasteiger partial charge in [-0.2, -0.15) is 0 Å². The Hall–Kier alpha value is -0.570. The number of carboxylic acids is 1. The largest absolute Gasteiger partial charge is 0.481 e. The van der Waals surface area contributed by atoms with Gasteiger partial charge in [-0.25, -0.2) is 0 Å². The highest BCUT2D eigenvalue weighted by molar-refractivity contribution is 5.73. The van der Waals surface area contributed by atoms with Crippen LogP contribution in [0.4, 0.5) is 0 Å². The van der Waals surface area contributed by atoms with Crippen LogP contribution in [0.15, 0.2) is 0 Å². The first-order valence-electron chi connectivity index (χ1n) is 6.39. The van der Waals surface area contributed by atoms with E-state index in [4.69, 9.17) is 5.11 Å². The highest BCUT2D eigenvalue weighted by Crippen LogP contribution is 2.23. The van der Waals surface area contributed by atoms with Gasteiger partial charge < -0.3 is 10.0 Å². The van der Waals surface area contributed by atoms with Crippen LogP contribution < -0.4 is 0 Å². The highest BCUT2D eigenvalue weighted by Gasteiger charge is 2.25. The number of rotatable bonds is 9. The topological polar surface area (TPSA) is 40.5 Å². The minimum Gasteiger partial charge on any atom is -0.481 e. The standard InChI is InChI=1S/C13H27NO2/c1-5-10-14(6-2)11-8-7-9-13(3,4)12(15)16/h5-11H2,1-4H3,(H,15,16). The van der Waals surface area contributed by atoms with Crippen LogP contribution in [-0.2, 0) is 4.79 Å². The molecular formula is C13H27NO2. The molecule has 3 nitrogen and oxygen atoms in total. The summed E-state index contributed by atoms with van der Waals surface area (Å²) in [7, 11) is 0. The minimum atomic E-state index is -0.687. The lowest BCUT2D eigenvalue weighted by Gasteiger charge is -2.21. The summed E-state index contributed by atoms with van der Waals surface area (Å²) in [5.74, 6) is -0.687. The van der Waals surface area contributed by atoms with Crippen LogP contribution in [0.2, 0.25) is 0 Å². The Balaban J connectivity index is 3.70. The maximum absolute atomic E-state index is 10.9. The Morgan fingerprint density at radius 2 is 1.81 bits per heavy atom. The van der Waals surface area contributed by atoms with Crippen LogP contribution in [0, 0.1) is 5.41 Å². The van der Waals surface area contributed by atoms with Crippen molar-refractivity contribution < 1.29 is 9.90 Å². The van der Waals surface area contributed by atoms with E-state index in [0.29, 0.717) is 0 Å². The molecule has 96 valence electrons. The maximum Gasteiger partial charge on any atom is 0.309 e. The van der Waals surface area contributed by atoms with Gasteiger partial charge in [0.15, 0.2) is 0 Å². The Morgan fingerprint density at radius 3 is 2.25 bits per heavy atom. The van der Waals surface area contributed by atoms with E-state index in [-0.39, 0.29) is 0 Å². The summed E-state index contributed by atoms with van der Waals surface area (Å²) in [6.07, 6.45) is 4.06. The lowest BCUT2D eigenvalue weighted by atomic mass is 9.87. The second kappa shape index (κ2) is 7.66. The molecule has 0 unspecified atom stereocenters. The smallest absolute Gasteiger partial charge is 0.309 e. The average Bonchev–Trinajstić information content (AvgIpc) is 2.22. The molecule has 0 aliphatic rings. The third-order valence-electron chi connectivity index (χ3n) is 3.09. The third-order valence-corrected chi connectivity index (χ3v) is 3.09. The Kier molecular flexibility index (Phi) is 7.39. The van der Waals surface area contributed by atoms with E-state index in [1.807, 2.05) is 0 Å². The SMILES string of the molecule is CCCN(CC)CCCCC(C)(C)C(=O)O. The maximum atomic E-state index is 10.9. The lowest BCUT2D eigenvalue weighted by molar-refractivity contribution is -0.147. The van der Waals surface area contributed by atoms with Gasteiger partial charge in [0.05, 0.1) is 5.41 Å². The number of hydrogen-bond donors (Lipinski definition) is 1. The van der Waals surface area contributed by atoms with Crippen LogP contribution in [0.3, 0.4) is 0 Å². The summed E-state index contributed by atoms with van der Waals surface area (Å²) >= 11 is 0. The molecule has 0 saturated heterocycles. The molecule has 0 rings (SSSR count). The number of carbonyl (C=O) groups is 1. The predicted octanol–water partition coefficient (Wildman–Crippen LogP) is 3.00. The molecule has 0 spiro atoms. The van der Waals surface area contributed by atoms with Crippen LogP contribution in [-0.4, -0.2) is 35.6 Å². The molecule has 0 bridgehead atoms. The zero-order valence-corrected chi connectivity index (χ0v) is 11.3. The summed E-state index contributed by atoms with van der Waals surface area (Å²) in [5.41, 5.74) is -0.568. The van der Waals surface area contributed by atoms with E-state index in [2.05, 4.69) is 18.7 Å². The molecule has 0 atom stereocenters. The van der Waals surface area contributed by atoms with E-state index in [1.165, 1.54) is 6.42 Å².